The number of rotatable bonds is 4. The number of thioether (sulfide) groups is 1. The Hall–Kier alpha value is -1.32. The molecule has 10 heteroatoms. The molecule has 0 amide bonds. The van der Waals surface area contributed by atoms with E-state index in [2.05, 4.69) is 15.2 Å². The summed E-state index contributed by atoms with van der Waals surface area (Å²) in [4.78, 5) is 3.40. The lowest BCUT2D eigenvalue weighted by Gasteiger charge is -2.06. The van der Waals surface area contributed by atoms with E-state index < -0.39 is 11.9 Å². The molecule has 0 atom stereocenters. The molecule has 0 saturated carbocycles. The van der Waals surface area contributed by atoms with Gasteiger partial charge >= 0.3 is 6.18 Å². The molecule has 0 radical (unpaired) electrons. The number of nitrogens with two attached hydrogens (primary N) is 1. The Morgan fingerprint density at radius 3 is 2.48 bits per heavy atom. The van der Waals surface area contributed by atoms with Crippen molar-refractivity contribution in [2.45, 2.75) is 23.6 Å². The molecular weight excluding hydrogens is 327 g/mol. The number of pyridine rings is 1. The van der Waals surface area contributed by atoms with Crippen molar-refractivity contribution in [3.05, 3.63) is 35.4 Å². The van der Waals surface area contributed by atoms with Crippen LogP contribution in [0.3, 0.4) is 0 Å². The van der Waals surface area contributed by atoms with Gasteiger partial charge in [0.05, 0.1) is 6.54 Å². The van der Waals surface area contributed by atoms with E-state index in [9.17, 15) is 13.2 Å². The molecule has 2 heterocycles. The molecule has 2 aromatic heterocycles. The van der Waals surface area contributed by atoms with Crippen LogP contribution in [0.5, 0.6) is 0 Å². The lowest BCUT2D eigenvalue weighted by molar-refractivity contribution is -0.141. The molecular formula is C11H13ClF3N5S. The van der Waals surface area contributed by atoms with Gasteiger partial charge in [-0.2, -0.15) is 13.2 Å². The maximum absolute atomic E-state index is 12.4. The Kier molecular flexibility index (Phi) is 5.99. The van der Waals surface area contributed by atoms with E-state index in [-0.39, 0.29) is 19.0 Å². The van der Waals surface area contributed by atoms with Crippen LogP contribution in [0.2, 0.25) is 0 Å². The minimum atomic E-state index is -4.41. The molecule has 2 aromatic rings. The Bertz CT molecular complexity index is 585. The number of alkyl halides is 3. The first-order chi connectivity index (χ1) is 9.41. The number of hydrogen-bond acceptors (Lipinski definition) is 5. The van der Waals surface area contributed by atoms with Gasteiger partial charge in [0.1, 0.15) is 11.5 Å². The van der Waals surface area contributed by atoms with Crippen molar-refractivity contribution in [3.8, 4) is 0 Å². The third-order valence-electron chi connectivity index (χ3n) is 2.59. The average Bonchev–Trinajstić information content (AvgIpc) is 2.76. The van der Waals surface area contributed by atoms with E-state index in [1.165, 1.54) is 24.0 Å². The largest absolute Gasteiger partial charge is 0.433 e. The molecule has 5 nitrogen and oxygen atoms in total. The Morgan fingerprint density at radius 2 is 2.00 bits per heavy atom. The first kappa shape index (κ1) is 17.7. The van der Waals surface area contributed by atoms with E-state index >= 15 is 0 Å². The van der Waals surface area contributed by atoms with Crippen LogP contribution in [0.25, 0.3) is 0 Å². The molecule has 0 unspecified atom stereocenters. The van der Waals surface area contributed by atoms with Crippen LogP contribution >= 0.6 is 24.2 Å². The fourth-order valence-corrected chi connectivity index (χ4v) is 2.34. The summed E-state index contributed by atoms with van der Waals surface area (Å²) in [5.41, 5.74) is 5.27. The van der Waals surface area contributed by atoms with Crippen LogP contribution in [0.1, 0.15) is 17.1 Å². The maximum atomic E-state index is 12.4. The first-order valence-corrected chi connectivity index (χ1v) is 6.63. The second kappa shape index (κ2) is 7.10. The molecule has 2 N–H and O–H groups in total. The zero-order valence-electron chi connectivity index (χ0n) is 11.0. The predicted octanol–water partition coefficient (Wildman–Crippen LogP) is 2.40. The first-order valence-electron chi connectivity index (χ1n) is 5.65. The molecule has 0 aliphatic rings. The average molecular weight is 340 g/mol. The van der Waals surface area contributed by atoms with Crippen molar-refractivity contribution in [2.24, 2.45) is 12.8 Å². The summed E-state index contributed by atoms with van der Waals surface area (Å²) in [6.07, 6.45) is -3.19. The highest BCUT2D eigenvalue weighted by atomic mass is 35.5. The van der Waals surface area contributed by atoms with Gasteiger partial charge in [0.25, 0.3) is 0 Å². The van der Waals surface area contributed by atoms with Crippen molar-refractivity contribution in [1.29, 1.82) is 0 Å². The minimum absolute atomic E-state index is 0. The highest BCUT2D eigenvalue weighted by Gasteiger charge is 2.31. The molecule has 0 aromatic carbocycles. The summed E-state index contributed by atoms with van der Waals surface area (Å²) in [6.45, 7) is 0.284. The quantitative estimate of drug-likeness (QED) is 0.866. The lowest BCUT2D eigenvalue weighted by Crippen LogP contribution is -2.07. The van der Waals surface area contributed by atoms with Crippen molar-refractivity contribution in [1.82, 2.24) is 19.7 Å². The standard InChI is InChI=1S/C11H12F3N5S.ClH/c1-19-9(4-15)17-18-10(19)20-6-7-2-3-8(16-5-7)11(12,13)14;/h2-3,5H,4,6,15H2,1H3;1H. The zero-order chi connectivity index (χ0) is 14.8. The van der Waals surface area contributed by atoms with Crippen molar-refractivity contribution >= 4 is 24.2 Å². The summed E-state index contributed by atoms with van der Waals surface area (Å²) < 4.78 is 38.8. The summed E-state index contributed by atoms with van der Waals surface area (Å²) in [7, 11) is 1.79. The van der Waals surface area contributed by atoms with Gasteiger partial charge in [0, 0.05) is 19.0 Å². The van der Waals surface area contributed by atoms with Gasteiger partial charge in [0.2, 0.25) is 0 Å². The molecule has 21 heavy (non-hydrogen) atoms. The molecule has 0 fully saturated rings. The van der Waals surface area contributed by atoms with E-state index in [1.54, 1.807) is 11.6 Å². The van der Waals surface area contributed by atoms with Crippen LogP contribution in [0.15, 0.2) is 23.5 Å². The molecule has 2 rings (SSSR count). The van der Waals surface area contributed by atoms with Gasteiger partial charge in [-0.25, -0.2) is 0 Å². The highest BCUT2D eigenvalue weighted by Crippen LogP contribution is 2.28. The van der Waals surface area contributed by atoms with Gasteiger partial charge < -0.3 is 10.3 Å². The van der Waals surface area contributed by atoms with Crippen molar-refractivity contribution in [3.63, 3.8) is 0 Å². The van der Waals surface area contributed by atoms with Crippen LogP contribution < -0.4 is 5.73 Å². The summed E-state index contributed by atoms with van der Waals surface area (Å²) in [5.74, 6) is 1.11. The second-order valence-corrected chi connectivity index (χ2v) is 4.94. The van der Waals surface area contributed by atoms with E-state index in [0.717, 1.165) is 6.07 Å². The number of aromatic nitrogens is 4. The predicted molar refractivity (Wildman–Crippen MR) is 74.9 cm³/mol. The van der Waals surface area contributed by atoms with Crippen molar-refractivity contribution < 1.29 is 13.2 Å². The summed E-state index contributed by atoms with van der Waals surface area (Å²) in [5, 5.41) is 8.51. The molecule has 0 bridgehead atoms. The monoisotopic (exact) mass is 339 g/mol. The number of halogens is 4. The van der Waals surface area contributed by atoms with E-state index in [0.29, 0.717) is 22.3 Å². The summed E-state index contributed by atoms with van der Waals surface area (Å²) in [6, 6.07) is 2.38. The molecule has 0 saturated heterocycles. The third-order valence-corrected chi connectivity index (χ3v) is 3.68. The highest BCUT2D eigenvalue weighted by molar-refractivity contribution is 7.98. The van der Waals surface area contributed by atoms with Gasteiger partial charge in [-0.15, -0.1) is 22.6 Å². The molecule has 0 aliphatic heterocycles. The fourth-order valence-electron chi connectivity index (χ4n) is 1.47. The van der Waals surface area contributed by atoms with E-state index in [4.69, 9.17) is 5.73 Å². The topological polar surface area (TPSA) is 69.6 Å². The van der Waals surface area contributed by atoms with Crippen LogP contribution in [-0.2, 0) is 25.5 Å². The molecule has 0 aliphatic carbocycles. The lowest BCUT2D eigenvalue weighted by atomic mass is 10.3. The number of nitrogens with zero attached hydrogens (tertiary/aromatic N) is 4. The zero-order valence-corrected chi connectivity index (χ0v) is 12.6. The van der Waals surface area contributed by atoms with Gasteiger partial charge in [0.15, 0.2) is 5.16 Å². The van der Waals surface area contributed by atoms with Gasteiger partial charge in [-0.3, -0.25) is 4.98 Å². The van der Waals surface area contributed by atoms with Crippen LogP contribution in [0, 0.1) is 0 Å². The van der Waals surface area contributed by atoms with Crippen LogP contribution in [0.4, 0.5) is 13.2 Å². The Morgan fingerprint density at radius 1 is 1.29 bits per heavy atom. The smallest absolute Gasteiger partial charge is 0.324 e. The SMILES string of the molecule is Cl.Cn1c(CN)nnc1SCc1ccc(C(F)(F)F)nc1. The Labute approximate surface area is 129 Å². The van der Waals surface area contributed by atoms with Crippen molar-refractivity contribution in [2.75, 3.05) is 0 Å². The third kappa shape index (κ3) is 4.32. The fraction of sp³-hybridized carbons (Fsp3) is 0.364. The second-order valence-electron chi connectivity index (χ2n) is 4.00. The van der Waals surface area contributed by atoms with E-state index in [1.807, 2.05) is 0 Å². The van der Waals surface area contributed by atoms with Gasteiger partial charge in [-0.1, -0.05) is 17.8 Å². The maximum Gasteiger partial charge on any atom is 0.433 e. The molecule has 0 spiro atoms. The van der Waals surface area contributed by atoms with Crippen LogP contribution in [-0.4, -0.2) is 19.7 Å². The van der Waals surface area contributed by atoms with Gasteiger partial charge in [-0.05, 0) is 11.6 Å². The summed E-state index contributed by atoms with van der Waals surface area (Å²) >= 11 is 1.36. The molecule has 116 valence electrons. The minimum Gasteiger partial charge on any atom is -0.324 e. The normalized spacial score (nSPS) is 11.3. The Balaban J connectivity index is 0.00000220. The number of hydrogen-bond donors (Lipinski definition) is 1.